The maximum Gasteiger partial charge on any atom is 0.0652 e. The van der Waals surface area contributed by atoms with Gasteiger partial charge in [0, 0.05) is 49.4 Å². The minimum atomic E-state index is -0.740. The van der Waals surface area contributed by atoms with Crippen molar-refractivity contribution in [1.82, 2.24) is 13.7 Å². The van der Waals surface area contributed by atoms with Crippen LogP contribution in [-0.4, -0.2) is 13.7 Å². The highest BCUT2D eigenvalue weighted by Crippen LogP contribution is 2.39. The zero-order chi connectivity index (χ0) is 50.9. The Hall–Kier alpha value is -6.84. The molecule has 0 unspecified atom stereocenters. The van der Waals surface area contributed by atoms with Gasteiger partial charge >= 0.3 is 0 Å². The highest BCUT2D eigenvalue weighted by molar-refractivity contribution is 6.14. The molecular formula is C48H31N3. The lowest BCUT2D eigenvalue weighted by atomic mass is 10.1. The van der Waals surface area contributed by atoms with Gasteiger partial charge < -0.3 is 13.7 Å². The summed E-state index contributed by atoms with van der Waals surface area (Å²) in [5.74, 6) is 0. The Kier molecular flexibility index (Phi) is 3.18. The molecule has 0 aliphatic rings. The van der Waals surface area contributed by atoms with Crippen LogP contribution >= 0.6 is 0 Å². The molecule has 238 valence electrons. The first kappa shape index (κ1) is 15.0. The molecule has 0 saturated heterocycles. The van der Waals surface area contributed by atoms with Crippen LogP contribution in [0.15, 0.2) is 188 Å². The van der Waals surface area contributed by atoms with Crippen LogP contribution in [0.2, 0.25) is 0 Å². The lowest BCUT2D eigenvalue weighted by Gasteiger charge is -2.12. The van der Waals surface area contributed by atoms with Crippen LogP contribution in [0.3, 0.4) is 0 Å². The van der Waals surface area contributed by atoms with Gasteiger partial charge in [0.15, 0.2) is 0 Å². The van der Waals surface area contributed by atoms with Gasteiger partial charge in [-0.05, 0) is 83.8 Å². The number of hydrogen-bond acceptors (Lipinski definition) is 0. The zero-order valence-electron chi connectivity index (χ0n) is 46.2. The molecule has 11 rings (SSSR count). The number of nitrogens with zero attached hydrogens (tertiary/aromatic N) is 3. The monoisotopic (exact) mass is 669 g/mol. The first-order chi connectivity index (χ1) is 33.6. The van der Waals surface area contributed by atoms with E-state index in [0.717, 1.165) is 4.57 Å². The van der Waals surface area contributed by atoms with E-state index in [1.54, 1.807) is 42.5 Å². The third-order valence-electron chi connectivity index (χ3n) is 9.21. The Bertz CT molecular complexity index is 4190. The largest absolute Gasteiger partial charge is 0.309 e. The van der Waals surface area contributed by atoms with Gasteiger partial charge in [-0.1, -0.05) is 115 Å². The second kappa shape index (κ2) is 10.8. The van der Waals surface area contributed by atoms with Gasteiger partial charge in [-0.25, -0.2) is 0 Å². The zero-order valence-corrected chi connectivity index (χ0v) is 26.2. The van der Waals surface area contributed by atoms with E-state index >= 15 is 0 Å². The Balaban J connectivity index is 1.25. The molecule has 3 nitrogen and oxygen atoms in total. The van der Waals surface area contributed by atoms with Crippen molar-refractivity contribution in [3.63, 3.8) is 0 Å². The lowest BCUT2D eigenvalue weighted by Crippen LogP contribution is -1.97. The van der Waals surface area contributed by atoms with E-state index in [2.05, 4.69) is 0 Å². The van der Waals surface area contributed by atoms with Gasteiger partial charge in [-0.3, -0.25) is 0 Å². The van der Waals surface area contributed by atoms with Gasteiger partial charge in [0.05, 0.1) is 60.5 Å². The van der Waals surface area contributed by atoms with Crippen molar-refractivity contribution >= 4 is 65.4 Å². The SMILES string of the molecule is [2H]c1c([2H])c([2H])c(-c2cccc(-n3c4ccccc4c4cc(-n5c6c([2H])c([2H])c([2H])c([2H])c6c6c([2H])c(-n7c8c([2H])c([2H])c([2H])c([2H])c8c8c([2H])c([2H])c([2H])c([2H])c87)c([2H])c([2H])c65)ccc43)c2)c([2H])c1[2H]. The fourth-order valence-electron chi connectivity index (χ4n) is 7.09. The first-order valence-electron chi connectivity index (χ1n) is 25.9. The summed E-state index contributed by atoms with van der Waals surface area (Å²) in [4.78, 5) is 0. The molecule has 0 atom stereocenters. The molecule has 0 spiro atoms. The number of aromatic nitrogens is 3. The first-order valence-corrected chi connectivity index (χ1v) is 15.9. The summed E-state index contributed by atoms with van der Waals surface area (Å²) in [6.45, 7) is 0. The molecule has 3 aromatic heterocycles. The van der Waals surface area contributed by atoms with Crippen molar-refractivity contribution in [2.24, 2.45) is 0 Å². The minimum absolute atomic E-state index is 0.0145. The maximum atomic E-state index is 9.94. The molecule has 0 aliphatic heterocycles. The van der Waals surface area contributed by atoms with Crippen molar-refractivity contribution in [3.05, 3.63) is 188 Å². The van der Waals surface area contributed by atoms with E-state index in [4.69, 9.17) is 20.6 Å². The second-order valence-electron chi connectivity index (χ2n) is 11.9. The Morgan fingerprint density at radius 3 is 1.63 bits per heavy atom. The summed E-state index contributed by atoms with van der Waals surface area (Å²) in [6.07, 6.45) is 0. The molecule has 0 bridgehead atoms. The molecule has 0 fully saturated rings. The Morgan fingerprint density at radius 1 is 0.314 bits per heavy atom. The number of benzene rings is 8. The number of fused-ring (bicyclic) bond motifs is 9. The summed E-state index contributed by atoms with van der Waals surface area (Å²) in [6, 6.07) is 7.10. The van der Waals surface area contributed by atoms with Gasteiger partial charge in [0.1, 0.15) is 0 Å². The van der Waals surface area contributed by atoms with Gasteiger partial charge in [0.25, 0.3) is 0 Å². The van der Waals surface area contributed by atoms with Crippen LogP contribution in [-0.2, 0) is 0 Å². The van der Waals surface area contributed by atoms with Gasteiger partial charge in [0.2, 0.25) is 0 Å². The standard InChI is InChI=1S/C48H31N3/c1-2-13-32(14-3-1)33-15-12-16-34(29-33)49-45-23-10-6-19-39(45)41-31-36(26-27-47(41)49)51-46-24-11-7-20-40(46)42-30-35(25-28-48(42)51)50-43-21-8-4-17-37(43)38-18-5-9-22-44(38)50/h1-31H/i1D,2D,3D,4D,5D,7D,8D,9D,11D,13D,14D,17D,18D,20D,21D,22D,24D,25D,28D,30D. The molecule has 0 aliphatic carbocycles. The predicted molar refractivity (Wildman–Crippen MR) is 215 cm³/mol. The highest BCUT2D eigenvalue weighted by atomic mass is 15.0. The van der Waals surface area contributed by atoms with Gasteiger partial charge in [-0.2, -0.15) is 0 Å². The van der Waals surface area contributed by atoms with E-state index in [0.29, 0.717) is 33.1 Å². The summed E-state index contributed by atoms with van der Waals surface area (Å²) in [5.41, 5.74) is 0.821. The summed E-state index contributed by atoms with van der Waals surface area (Å²) in [7, 11) is 0. The van der Waals surface area contributed by atoms with Crippen molar-refractivity contribution < 1.29 is 27.4 Å². The number of rotatable bonds is 4. The third kappa shape index (κ3) is 4.12. The summed E-state index contributed by atoms with van der Waals surface area (Å²) < 4.78 is 182. The molecule has 8 aromatic carbocycles. The van der Waals surface area contributed by atoms with Crippen molar-refractivity contribution in [2.75, 3.05) is 0 Å². The summed E-state index contributed by atoms with van der Waals surface area (Å²) in [5, 5.41) is 0.212. The second-order valence-corrected chi connectivity index (χ2v) is 11.9. The molecule has 0 amide bonds. The molecule has 3 heterocycles. The van der Waals surface area contributed by atoms with Gasteiger partial charge in [-0.15, -0.1) is 0 Å². The molecule has 11 aromatic rings. The minimum Gasteiger partial charge on any atom is -0.309 e. The molecule has 0 N–H and O–H groups in total. The van der Waals surface area contributed by atoms with E-state index < -0.39 is 125 Å². The van der Waals surface area contributed by atoms with Crippen LogP contribution < -0.4 is 0 Å². The molecule has 0 radical (unpaired) electrons. The average molecular weight is 670 g/mol. The normalized spacial score (nSPS) is 17.4. The quantitative estimate of drug-likeness (QED) is 0.177. The Labute approximate surface area is 322 Å². The fraction of sp³-hybridized carbons (Fsp3) is 0. The predicted octanol–water partition coefficient (Wildman–Crippen LogP) is 12.6. The lowest BCUT2D eigenvalue weighted by molar-refractivity contribution is 1.16. The number of para-hydroxylation sites is 4. The van der Waals surface area contributed by atoms with Crippen LogP contribution in [0.5, 0.6) is 0 Å². The van der Waals surface area contributed by atoms with Crippen LogP contribution in [0.25, 0.3) is 93.6 Å². The maximum absolute atomic E-state index is 9.94. The number of hydrogen-bond donors (Lipinski definition) is 0. The van der Waals surface area contributed by atoms with E-state index in [1.807, 2.05) is 28.8 Å². The van der Waals surface area contributed by atoms with Crippen LogP contribution in [0.4, 0.5) is 0 Å². The van der Waals surface area contributed by atoms with Crippen LogP contribution in [0.1, 0.15) is 27.4 Å². The van der Waals surface area contributed by atoms with Crippen molar-refractivity contribution in [2.45, 2.75) is 0 Å². The molecule has 0 saturated carbocycles. The van der Waals surface area contributed by atoms with Crippen molar-refractivity contribution in [3.8, 4) is 28.2 Å². The fourth-order valence-corrected chi connectivity index (χ4v) is 7.09. The molecular weight excluding hydrogens is 619 g/mol. The van der Waals surface area contributed by atoms with Crippen LogP contribution in [0, 0.1) is 0 Å². The van der Waals surface area contributed by atoms with E-state index in [-0.39, 0.29) is 55.9 Å². The van der Waals surface area contributed by atoms with Crippen molar-refractivity contribution in [1.29, 1.82) is 0 Å². The highest BCUT2D eigenvalue weighted by Gasteiger charge is 2.18. The van der Waals surface area contributed by atoms with E-state index in [1.165, 1.54) is 4.57 Å². The Morgan fingerprint density at radius 2 is 0.882 bits per heavy atom. The smallest absolute Gasteiger partial charge is 0.0652 e. The molecule has 51 heavy (non-hydrogen) atoms. The summed E-state index contributed by atoms with van der Waals surface area (Å²) >= 11 is 0. The average Bonchev–Trinajstić information content (AvgIpc) is 4.03. The van der Waals surface area contributed by atoms with E-state index in [9.17, 15) is 6.85 Å². The topological polar surface area (TPSA) is 14.8 Å². The molecule has 3 heteroatoms. The third-order valence-corrected chi connectivity index (χ3v) is 9.21.